The predicted molar refractivity (Wildman–Crippen MR) is 89.1 cm³/mol. The highest BCUT2D eigenvalue weighted by molar-refractivity contribution is 6.30. The van der Waals surface area contributed by atoms with Gasteiger partial charge in [-0.25, -0.2) is 4.39 Å². The smallest absolute Gasteiger partial charge is 0.226 e. The highest BCUT2D eigenvalue weighted by atomic mass is 35.5. The predicted octanol–water partition coefficient (Wildman–Crippen LogP) is 3.86. The molecule has 23 heavy (non-hydrogen) atoms. The summed E-state index contributed by atoms with van der Waals surface area (Å²) in [5, 5.41) is 3.20. The zero-order valence-electron chi connectivity index (χ0n) is 12.6. The maximum atomic E-state index is 13.8. The van der Waals surface area contributed by atoms with Crippen LogP contribution in [-0.2, 0) is 9.59 Å². The standard InChI is InChI=1S/C17H16ClFN2O2/c1-12(22)21(16-8-3-2-7-15(16)19)10-9-17(23)20-14-6-4-5-13(18)11-14/h2-8,11H,9-10H2,1H3,(H,20,23). The number of rotatable bonds is 5. The summed E-state index contributed by atoms with van der Waals surface area (Å²) >= 11 is 5.85. The number of hydrogen-bond acceptors (Lipinski definition) is 2. The van der Waals surface area contributed by atoms with Gasteiger partial charge in [-0.3, -0.25) is 9.59 Å². The fraction of sp³-hybridized carbons (Fsp3) is 0.176. The third-order valence-corrected chi connectivity index (χ3v) is 3.43. The lowest BCUT2D eigenvalue weighted by Gasteiger charge is -2.21. The van der Waals surface area contributed by atoms with Crippen LogP contribution in [0.3, 0.4) is 0 Å². The Hall–Kier alpha value is -2.40. The third-order valence-electron chi connectivity index (χ3n) is 3.19. The van der Waals surface area contributed by atoms with Crippen molar-refractivity contribution in [2.45, 2.75) is 13.3 Å². The van der Waals surface area contributed by atoms with Crippen molar-refractivity contribution in [3.8, 4) is 0 Å². The van der Waals surface area contributed by atoms with E-state index in [0.717, 1.165) is 0 Å². The first-order valence-electron chi connectivity index (χ1n) is 7.05. The van der Waals surface area contributed by atoms with E-state index in [1.165, 1.54) is 24.0 Å². The number of carbonyl (C=O) groups excluding carboxylic acids is 2. The molecular weight excluding hydrogens is 319 g/mol. The van der Waals surface area contributed by atoms with Gasteiger partial charge in [-0.15, -0.1) is 0 Å². The van der Waals surface area contributed by atoms with Gasteiger partial charge >= 0.3 is 0 Å². The molecule has 2 amide bonds. The molecule has 0 atom stereocenters. The van der Waals surface area contributed by atoms with E-state index in [0.29, 0.717) is 10.7 Å². The largest absolute Gasteiger partial charge is 0.326 e. The molecule has 2 aromatic rings. The van der Waals surface area contributed by atoms with Gasteiger partial charge in [0.15, 0.2) is 0 Å². The van der Waals surface area contributed by atoms with E-state index < -0.39 is 5.82 Å². The van der Waals surface area contributed by atoms with Gasteiger partial charge in [0.1, 0.15) is 5.82 Å². The first-order chi connectivity index (χ1) is 11.0. The molecule has 0 heterocycles. The minimum Gasteiger partial charge on any atom is -0.326 e. The van der Waals surface area contributed by atoms with Crippen molar-refractivity contribution in [2.24, 2.45) is 0 Å². The zero-order chi connectivity index (χ0) is 16.8. The zero-order valence-corrected chi connectivity index (χ0v) is 13.3. The van der Waals surface area contributed by atoms with Crippen molar-refractivity contribution >= 4 is 34.8 Å². The highest BCUT2D eigenvalue weighted by Crippen LogP contribution is 2.19. The molecule has 0 saturated heterocycles. The van der Waals surface area contributed by atoms with Crippen molar-refractivity contribution < 1.29 is 14.0 Å². The summed E-state index contributed by atoms with van der Waals surface area (Å²) in [6.07, 6.45) is 0.0421. The molecule has 0 bridgehead atoms. The molecule has 0 spiro atoms. The second kappa shape index (κ2) is 7.74. The quantitative estimate of drug-likeness (QED) is 0.902. The van der Waals surface area contributed by atoms with Gasteiger partial charge in [0.2, 0.25) is 11.8 Å². The van der Waals surface area contributed by atoms with Crippen LogP contribution in [0.4, 0.5) is 15.8 Å². The molecule has 0 aliphatic rings. The number of carbonyl (C=O) groups is 2. The fourth-order valence-corrected chi connectivity index (χ4v) is 2.31. The van der Waals surface area contributed by atoms with Gasteiger partial charge in [0.05, 0.1) is 5.69 Å². The summed E-state index contributed by atoms with van der Waals surface area (Å²) in [6.45, 7) is 1.42. The molecule has 4 nitrogen and oxygen atoms in total. The van der Waals surface area contributed by atoms with Gasteiger partial charge in [-0.2, -0.15) is 0 Å². The van der Waals surface area contributed by atoms with Crippen molar-refractivity contribution in [3.05, 3.63) is 59.4 Å². The number of halogens is 2. The molecule has 0 aliphatic heterocycles. The van der Waals surface area contributed by atoms with Crippen LogP contribution < -0.4 is 10.2 Å². The van der Waals surface area contributed by atoms with Crippen LogP contribution >= 0.6 is 11.6 Å². The average molecular weight is 335 g/mol. The number of amides is 2. The first kappa shape index (κ1) is 17.0. The van der Waals surface area contributed by atoms with Crippen molar-refractivity contribution in [1.29, 1.82) is 0 Å². The van der Waals surface area contributed by atoms with Crippen LogP contribution in [0.2, 0.25) is 5.02 Å². The number of hydrogen-bond donors (Lipinski definition) is 1. The Morgan fingerprint density at radius 3 is 2.57 bits per heavy atom. The Labute approximate surface area is 138 Å². The lowest BCUT2D eigenvalue weighted by Crippen LogP contribution is -2.32. The van der Waals surface area contributed by atoms with Crippen LogP contribution in [0, 0.1) is 5.82 Å². The summed E-state index contributed by atoms with van der Waals surface area (Å²) in [5.41, 5.74) is 0.735. The summed E-state index contributed by atoms with van der Waals surface area (Å²) in [7, 11) is 0. The summed E-state index contributed by atoms with van der Waals surface area (Å²) in [6, 6.07) is 12.7. The summed E-state index contributed by atoms with van der Waals surface area (Å²) < 4.78 is 13.8. The average Bonchev–Trinajstić information content (AvgIpc) is 2.49. The van der Waals surface area contributed by atoms with Gasteiger partial charge in [0.25, 0.3) is 0 Å². The van der Waals surface area contributed by atoms with Crippen molar-refractivity contribution in [2.75, 3.05) is 16.8 Å². The normalized spacial score (nSPS) is 10.2. The van der Waals surface area contributed by atoms with E-state index in [1.54, 1.807) is 36.4 Å². The molecule has 2 rings (SSSR count). The second-order valence-corrected chi connectivity index (χ2v) is 5.37. The Balaban J connectivity index is 2.00. The molecule has 2 aromatic carbocycles. The van der Waals surface area contributed by atoms with Crippen LogP contribution in [0.25, 0.3) is 0 Å². The minimum atomic E-state index is -0.502. The number of benzene rings is 2. The second-order valence-electron chi connectivity index (χ2n) is 4.93. The van der Waals surface area contributed by atoms with Crippen LogP contribution in [0.5, 0.6) is 0 Å². The van der Waals surface area contributed by atoms with Gasteiger partial charge in [-0.05, 0) is 30.3 Å². The van der Waals surface area contributed by atoms with E-state index in [1.807, 2.05) is 0 Å². The maximum Gasteiger partial charge on any atom is 0.226 e. The maximum absolute atomic E-state index is 13.8. The lowest BCUT2D eigenvalue weighted by molar-refractivity contribution is -0.117. The summed E-state index contributed by atoms with van der Waals surface area (Å²) in [4.78, 5) is 24.9. The number of nitrogens with one attached hydrogen (secondary N) is 1. The fourth-order valence-electron chi connectivity index (χ4n) is 2.12. The van der Waals surface area contributed by atoms with Crippen LogP contribution in [0.15, 0.2) is 48.5 Å². The number of anilines is 2. The lowest BCUT2D eigenvalue weighted by atomic mass is 10.2. The van der Waals surface area contributed by atoms with E-state index in [9.17, 15) is 14.0 Å². The minimum absolute atomic E-state index is 0.0421. The Bertz CT molecular complexity index is 721. The monoisotopic (exact) mass is 334 g/mol. The molecule has 1 N–H and O–H groups in total. The molecule has 0 unspecified atom stereocenters. The molecule has 0 saturated carbocycles. The number of para-hydroxylation sites is 1. The molecular formula is C17H16ClFN2O2. The van der Waals surface area contributed by atoms with E-state index >= 15 is 0 Å². The topological polar surface area (TPSA) is 49.4 Å². The molecule has 120 valence electrons. The molecule has 0 fully saturated rings. The van der Waals surface area contributed by atoms with Crippen molar-refractivity contribution in [3.63, 3.8) is 0 Å². The van der Waals surface area contributed by atoms with Crippen LogP contribution in [-0.4, -0.2) is 18.4 Å². The van der Waals surface area contributed by atoms with E-state index in [2.05, 4.69) is 5.32 Å². The van der Waals surface area contributed by atoms with Gasteiger partial charge < -0.3 is 10.2 Å². The molecule has 0 radical (unpaired) electrons. The Morgan fingerprint density at radius 1 is 1.17 bits per heavy atom. The SMILES string of the molecule is CC(=O)N(CCC(=O)Nc1cccc(Cl)c1)c1ccccc1F. The molecule has 6 heteroatoms. The molecule has 0 aromatic heterocycles. The van der Waals surface area contributed by atoms with Gasteiger partial charge in [0, 0.05) is 30.6 Å². The number of nitrogens with zero attached hydrogens (tertiary/aromatic N) is 1. The van der Waals surface area contributed by atoms with Crippen molar-refractivity contribution in [1.82, 2.24) is 0 Å². The van der Waals surface area contributed by atoms with Gasteiger partial charge in [-0.1, -0.05) is 29.8 Å². The van der Waals surface area contributed by atoms with Crippen LogP contribution in [0.1, 0.15) is 13.3 Å². The Morgan fingerprint density at radius 2 is 1.91 bits per heavy atom. The molecule has 0 aliphatic carbocycles. The summed E-state index contributed by atoms with van der Waals surface area (Å²) in [5.74, 6) is -1.11. The third kappa shape index (κ3) is 4.79. The van der Waals surface area contributed by atoms with E-state index in [-0.39, 0.29) is 30.5 Å². The Kier molecular flexibility index (Phi) is 5.71. The first-order valence-corrected chi connectivity index (χ1v) is 7.43. The van der Waals surface area contributed by atoms with E-state index in [4.69, 9.17) is 11.6 Å². The highest BCUT2D eigenvalue weighted by Gasteiger charge is 2.16.